The van der Waals surface area contributed by atoms with E-state index in [4.69, 9.17) is 0 Å². The number of piperazine rings is 1. The quantitative estimate of drug-likeness (QED) is 0.823. The average molecular weight is 377 g/mol. The van der Waals surface area contributed by atoms with Gasteiger partial charge >= 0.3 is 6.03 Å². The molecule has 0 unspecified atom stereocenters. The molecule has 3 amide bonds. The van der Waals surface area contributed by atoms with Gasteiger partial charge in [0.05, 0.1) is 0 Å². The summed E-state index contributed by atoms with van der Waals surface area (Å²) in [6.07, 6.45) is 11.0. The molecule has 6 heteroatoms. The number of likely N-dealkylation sites (N-methyl/N-ethyl adjacent to an activating group) is 1. The van der Waals surface area contributed by atoms with Gasteiger partial charge in [-0.3, -0.25) is 9.69 Å². The van der Waals surface area contributed by atoms with Crippen LogP contribution in [0, 0.1) is 5.92 Å². The molecule has 1 atom stereocenters. The summed E-state index contributed by atoms with van der Waals surface area (Å²) in [5, 5.41) is 3.28. The highest BCUT2D eigenvalue weighted by Crippen LogP contribution is 2.35. The number of urea groups is 1. The minimum absolute atomic E-state index is 0.0455. The van der Waals surface area contributed by atoms with Crippen molar-refractivity contribution in [3.63, 3.8) is 0 Å². The van der Waals surface area contributed by atoms with Gasteiger partial charge in [0.2, 0.25) is 5.91 Å². The highest BCUT2D eigenvalue weighted by Gasteiger charge is 2.44. The van der Waals surface area contributed by atoms with Gasteiger partial charge in [0.1, 0.15) is 0 Å². The maximum absolute atomic E-state index is 12.9. The molecule has 152 valence electrons. The largest absolute Gasteiger partial charge is 0.342 e. The molecule has 0 aromatic rings. The van der Waals surface area contributed by atoms with Crippen molar-refractivity contribution in [2.45, 2.75) is 75.8 Å². The number of nitrogens with one attached hydrogen (secondary N) is 1. The lowest BCUT2D eigenvalue weighted by molar-refractivity contribution is -0.130. The van der Waals surface area contributed by atoms with E-state index in [-0.39, 0.29) is 11.6 Å². The molecule has 0 aromatic carbocycles. The zero-order valence-corrected chi connectivity index (χ0v) is 16.9. The van der Waals surface area contributed by atoms with Gasteiger partial charge in [-0.25, -0.2) is 4.79 Å². The SMILES string of the molecule is CN1CCN(C(=O)NC2CCCCC2)C[C@@]12CCC(=O)N(CC1CC1)CC2. The van der Waals surface area contributed by atoms with E-state index >= 15 is 0 Å². The van der Waals surface area contributed by atoms with Crippen LogP contribution in [-0.4, -0.2) is 78.0 Å². The lowest BCUT2D eigenvalue weighted by Gasteiger charge is -2.49. The average Bonchev–Trinajstić information content (AvgIpc) is 3.50. The Morgan fingerprint density at radius 2 is 1.85 bits per heavy atom. The summed E-state index contributed by atoms with van der Waals surface area (Å²) in [6.45, 7) is 4.24. The first kappa shape index (κ1) is 19.0. The Bertz CT molecular complexity index is 558. The van der Waals surface area contributed by atoms with Gasteiger partial charge in [-0.05, 0) is 51.5 Å². The third kappa shape index (κ3) is 4.41. The zero-order chi connectivity index (χ0) is 18.9. The molecule has 0 bridgehead atoms. The molecule has 1 N–H and O–H groups in total. The number of hydrogen-bond donors (Lipinski definition) is 1. The smallest absolute Gasteiger partial charge is 0.317 e. The number of carbonyl (C=O) groups is 2. The van der Waals surface area contributed by atoms with Gasteiger partial charge in [0.25, 0.3) is 0 Å². The van der Waals surface area contributed by atoms with Gasteiger partial charge < -0.3 is 15.1 Å². The number of hydrogen-bond acceptors (Lipinski definition) is 3. The van der Waals surface area contributed by atoms with E-state index in [1.165, 1.54) is 32.1 Å². The fourth-order valence-corrected chi connectivity index (χ4v) is 5.18. The van der Waals surface area contributed by atoms with Crippen LogP contribution in [0.1, 0.15) is 64.2 Å². The van der Waals surface area contributed by atoms with Gasteiger partial charge in [-0.15, -0.1) is 0 Å². The second kappa shape index (κ2) is 7.98. The molecule has 4 aliphatic rings. The molecule has 6 nitrogen and oxygen atoms in total. The van der Waals surface area contributed by atoms with Crippen molar-refractivity contribution in [3.05, 3.63) is 0 Å². The molecule has 1 spiro atoms. The summed E-state index contributed by atoms with van der Waals surface area (Å²) in [4.78, 5) is 32.0. The van der Waals surface area contributed by atoms with Crippen molar-refractivity contribution in [3.8, 4) is 0 Å². The first-order chi connectivity index (χ1) is 13.1. The number of nitrogens with zero attached hydrogens (tertiary/aromatic N) is 3. The molecule has 4 rings (SSSR count). The van der Waals surface area contributed by atoms with E-state index in [1.807, 2.05) is 4.90 Å². The Morgan fingerprint density at radius 3 is 2.59 bits per heavy atom. The Morgan fingerprint density at radius 1 is 1.07 bits per heavy atom. The molecule has 2 aliphatic carbocycles. The topological polar surface area (TPSA) is 55.9 Å². The van der Waals surface area contributed by atoms with Gasteiger partial charge in [0, 0.05) is 50.7 Å². The van der Waals surface area contributed by atoms with Crippen molar-refractivity contribution >= 4 is 11.9 Å². The lowest BCUT2D eigenvalue weighted by atomic mass is 9.86. The molecule has 2 heterocycles. The Balaban J connectivity index is 1.38. The van der Waals surface area contributed by atoms with E-state index in [2.05, 4.69) is 22.2 Å². The lowest BCUT2D eigenvalue weighted by Crippen LogP contribution is -2.63. The van der Waals surface area contributed by atoms with E-state index in [0.29, 0.717) is 18.4 Å². The van der Waals surface area contributed by atoms with Gasteiger partial charge in [-0.1, -0.05) is 19.3 Å². The predicted octanol–water partition coefficient (Wildman–Crippen LogP) is 2.44. The summed E-state index contributed by atoms with van der Waals surface area (Å²) in [7, 11) is 2.18. The van der Waals surface area contributed by atoms with E-state index in [0.717, 1.165) is 64.3 Å². The summed E-state index contributed by atoms with van der Waals surface area (Å²) < 4.78 is 0. The normalized spacial score (nSPS) is 31.2. The van der Waals surface area contributed by atoms with Crippen LogP contribution in [0.4, 0.5) is 4.79 Å². The molecule has 27 heavy (non-hydrogen) atoms. The molecular weight excluding hydrogens is 340 g/mol. The molecule has 2 aliphatic heterocycles. The van der Waals surface area contributed by atoms with Crippen LogP contribution in [0.3, 0.4) is 0 Å². The van der Waals surface area contributed by atoms with Crippen LogP contribution in [-0.2, 0) is 4.79 Å². The van der Waals surface area contributed by atoms with Crippen molar-refractivity contribution < 1.29 is 9.59 Å². The second-order valence-corrected chi connectivity index (χ2v) is 9.39. The zero-order valence-electron chi connectivity index (χ0n) is 16.9. The maximum atomic E-state index is 12.9. The summed E-state index contributed by atoms with van der Waals surface area (Å²) >= 11 is 0. The minimum Gasteiger partial charge on any atom is -0.342 e. The van der Waals surface area contributed by atoms with Crippen molar-refractivity contribution in [2.24, 2.45) is 5.92 Å². The third-order valence-electron chi connectivity index (χ3n) is 7.40. The fraction of sp³-hybridized carbons (Fsp3) is 0.905. The highest BCUT2D eigenvalue weighted by atomic mass is 16.2. The Kier molecular flexibility index (Phi) is 5.62. The maximum Gasteiger partial charge on any atom is 0.317 e. The minimum atomic E-state index is -0.0455. The summed E-state index contributed by atoms with van der Waals surface area (Å²) in [5.41, 5.74) is -0.0455. The first-order valence-electron chi connectivity index (χ1n) is 11.1. The fourth-order valence-electron chi connectivity index (χ4n) is 5.18. The highest BCUT2D eigenvalue weighted by molar-refractivity contribution is 5.77. The predicted molar refractivity (Wildman–Crippen MR) is 105 cm³/mol. The number of likely N-dealkylation sites (tertiary alicyclic amines) is 1. The third-order valence-corrected chi connectivity index (χ3v) is 7.40. The van der Waals surface area contributed by atoms with Crippen LogP contribution in [0.5, 0.6) is 0 Å². The monoisotopic (exact) mass is 376 g/mol. The van der Waals surface area contributed by atoms with Crippen LogP contribution in [0.2, 0.25) is 0 Å². The van der Waals surface area contributed by atoms with Crippen LogP contribution >= 0.6 is 0 Å². The van der Waals surface area contributed by atoms with Crippen LogP contribution < -0.4 is 5.32 Å². The van der Waals surface area contributed by atoms with Crippen LogP contribution in [0.25, 0.3) is 0 Å². The number of rotatable bonds is 3. The molecule has 4 fully saturated rings. The van der Waals surface area contributed by atoms with E-state index in [1.54, 1.807) is 0 Å². The van der Waals surface area contributed by atoms with Crippen molar-refractivity contribution in [1.82, 2.24) is 20.0 Å². The van der Waals surface area contributed by atoms with Gasteiger partial charge in [-0.2, -0.15) is 0 Å². The second-order valence-electron chi connectivity index (χ2n) is 9.39. The standard InChI is InChI=1S/C21H36N4O2/c1-23-13-14-25(20(27)22-18-5-3-2-4-6-18)16-21(23)10-9-19(26)24(12-11-21)15-17-7-8-17/h17-18H,2-16H2,1H3,(H,22,27)/t21-/m0/s1. The molecule has 0 radical (unpaired) electrons. The van der Waals surface area contributed by atoms with Crippen molar-refractivity contribution in [1.29, 1.82) is 0 Å². The van der Waals surface area contributed by atoms with E-state index in [9.17, 15) is 9.59 Å². The summed E-state index contributed by atoms with van der Waals surface area (Å²) in [6, 6.07) is 0.464. The van der Waals surface area contributed by atoms with E-state index < -0.39 is 0 Å². The van der Waals surface area contributed by atoms with Gasteiger partial charge in [0.15, 0.2) is 0 Å². The van der Waals surface area contributed by atoms with Crippen LogP contribution in [0.15, 0.2) is 0 Å². The first-order valence-corrected chi connectivity index (χ1v) is 11.1. The Labute approximate surface area is 163 Å². The summed E-state index contributed by atoms with van der Waals surface area (Å²) in [5.74, 6) is 1.06. The molecule has 2 saturated carbocycles. The Hall–Kier alpha value is -1.30. The number of amides is 3. The van der Waals surface area contributed by atoms with Crippen molar-refractivity contribution in [2.75, 3.05) is 39.8 Å². The molecule has 2 saturated heterocycles. The molecular formula is C21H36N4O2. The molecule has 0 aromatic heterocycles. The number of carbonyl (C=O) groups excluding carboxylic acids is 2.